The molecule has 0 heterocycles. The fraction of sp³-hybridized carbons (Fsp3) is 0.467. The first kappa shape index (κ1) is 17.4. The number of nitrogens with one attached hydrogen (secondary N) is 1. The van der Waals surface area contributed by atoms with Crippen molar-refractivity contribution in [2.45, 2.75) is 30.2 Å². The molecule has 7 nitrogen and oxygen atoms in total. The minimum absolute atomic E-state index is 0.0448. The quantitative estimate of drug-likeness (QED) is 0.633. The van der Waals surface area contributed by atoms with Gasteiger partial charge in [-0.1, -0.05) is 0 Å². The van der Waals surface area contributed by atoms with Gasteiger partial charge in [0.05, 0.1) is 10.4 Å². The van der Waals surface area contributed by atoms with Crippen LogP contribution in [0.25, 0.3) is 0 Å². The van der Waals surface area contributed by atoms with Crippen LogP contribution in [0, 0.1) is 5.92 Å². The second-order valence-electron chi connectivity index (χ2n) is 6.10. The van der Waals surface area contributed by atoms with E-state index in [-0.39, 0.29) is 10.8 Å². The van der Waals surface area contributed by atoms with Crippen molar-refractivity contribution in [3.8, 4) is 0 Å². The van der Waals surface area contributed by atoms with E-state index in [1.165, 1.54) is 24.3 Å². The number of carbonyl (C=O) groups excluding carboxylic acids is 2. The Morgan fingerprint density at radius 2 is 1.83 bits per heavy atom. The summed E-state index contributed by atoms with van der Waals surface area (Å²) in [5.74, 6) is -1.60. The van der Waals surface area contributed by atoms with Crippen molar-refractivity contribution < 1.29 is 18.0 Å². The van der Waals surface area contributed by atoms with Gasteiger partial charge in [0.15, 0.2) is 9.84 Å². The first-order chi connectivity index (χ1) is 10.7. The van der Waals surface area contributed by atoms with Crippen molar-refractivity contribution in [1.82, 2.24) is 5.32 Å². The number of sulfone groups is 1. The maximum absolute atomic E-state index is 12.3. The average Bonchev–Trinajstić information content (AvgIpc) is 3.31. The third-order valence-corrected chi connectivity index (χ3v) is 5.76. The molecule has 23 heavy (non-hydrogen) atoms. The summed E-state index contributed by atoms with van der Waals surface area (Å²) in [5.41, 5.74) is 10.6. The summed E-state index contributed by atoms with van der Waals surface area (Å²) in [6.45, 7) is 2.25. The molecule has 126 valence electrons. The number of nitrogens with two attached hydrogens (primary N) is 2. The smallest absolute Gasteiger partial charge is 0.251 e. The molecule has 0 radical (unpaired) electrons. The predicted octanol–water partition coefficient (Wildman–Crippen LogP) is -0.197. The second kappa shape index (κ2) is 6.29. The van der Waals surface area contributed by atoms with Gasteiger partial charge in [-0.15, -0.1) is 0 Å². The summed E-state index contributed by atoms with van der Waals surface area (Å²) in [5, 5.41) is 2.92. The monoisotopic (exact) mass is 339 g/mol. The zero-order valence-corrected chi connectivity index (χ0v) is 13.7. The summed E-state index contributed by atoms with van der Waals surface area (Å²) in [4.78, 5) is 23.0. The van der Waals surface area contributed by atoms with E-state index in [0.29, 0.717) is 18.0 Å². The number of rotatable bonds is 7. The van der Waals surface area contributed by atoms with Gasteiger partial charge in [0.25, 0.3) is 5.91 Å². The summed E-state index contributed by atoms with van der Waals surface area (Å²) in [6, 6.07) is 5.41. The molecular formula is C15H21N3O4S. The van der Waals surface area contributed by atoms with E-state index in [0.717, 1.165) is 12.8 Å². The molecule has 1 aliphatic carbocycles. The SMILES string of the molecule is CC(CN)(NC(=O)c1ccc(S(=O)(=O)CC(N)=O)cc1)C1CC1. The zero-order chi connectivity index (χ0) is 17.3. The van der Waals surface area contributed by atoms with Gasteiger partial charge >= 0.3 is 0 Å². The Labute approximate surface area is 135 Å². The van der Waals surface area contributed by atoms with Crippen molar-refractivity contribution in [2.75, 3.05) is 12.3 Å². The van der Waals surface area contributed by atoms with E-state index in [1.54, 1.807) is 0 Å². The summed E-state index contributed by atoms with van der Waals surface area (Å²) < 4.78 is 23.8. The predicted molar refractivity (Wildman–Crippen MR) is 85.3 cm³/mol. The fourth-order valence-electron chi connectivity index (χ4n) is 2.46. The van der Waals surface area contributed by atoms with Gasteiger partial charge < -0.3 is 16.8 Å². The molecule has 5 N–H and O–H groups in total. The molecule has 1 saturated carbocycles. The van der Waals surface area contributed by atoms with Crippen molar-refractivity contribution in [3.63, 3.8) is 0 Å². The molecule has 0 aromatic heterocycles. The minimum Gasteiger partial charge on any atom is -0.369 e. The van der Waals surface area contributed by atoms with Crippen LogP contribution in [0.2, 0.25) is 0 Å². The molecule has 0 saturated heterocycles. The van der Waals surface area contributed by atoms with Gasteiger partial charge in [0, 0.05) is 12.1 Å². The molecule has 0 aliphatic heterocycles. The Morgan fingerprint density at radius 3 is 2.26 bits per heavy atom. The molecule has 1 aromatic rings. The molecule has 8 heteroatoms. The van der Waals surface area contributed by atoms with Gasteiger partial charge in [0.2, 0.25) is 5.91 Å². The minimum atomic E-state index is -3.77. The lowest BCUT2D eigenvalue weighted by Crippen LogP contribution is -2.53. The number of carbonyl (C=O) groups is 2. The first-order valence-electron chi connectivity index (χ1n) is 7.31. The van der Waals surface area contributed by atoms with Gasteiger partial charge in [-0.05, 0) is 49.9 Å². The third-order valence-electron chi connectivity index (χ3n) is 4.11. The van der Waals surface area contributed by atoms with Crippen molar-refractivity contribution >= 4 is 21.7 Å². The van der Waals surface area contributed by atoms with E-state index < -0.39 is 27.0 Å². The van der Waals surface area contributed by atoms with Crippen molar-refractivity contribution in [3.05, 3.63) is 29.8 Å². The van der Waals surface area contributed by atoms with Gasteiger partial charge in [-0.25, -0.2) is 8.42 Å². The number of primary amides is 1. The highest BCUT2D eigenvalue weighted by molar-refractivity contribution is 7.92. The van der Waals surface area contributed by atoms with Crippen LogP contribution < -0.4 is 16.8 Å². The molecule has 1 aliphatic rings. The summed E-state index contributed by atoms with van der Waals surface area (Å²) in [7, 11) is -3.77. The van der Waals surface area contributed by atoms with E-state index in [2.05, 4.69) is 5.32 Å². The molecule has 0 bridgehead atoms. The average molecular weight is 339 g/mol. The van der Waals surface area contributed by atoms with Crippen LogP contribution in [0.5, 0.6) is 0 Å². The standard InChI is InChI=1S/C15H21N3O4S/c1-15(9-16,11-4-5-11)18-14(20)10-2-6-12(7-3-10)23(21,22)8-13(17)19/h2-3,6-7,11H,4-5,8-9,16H2,1H3,(H2,17,19)(H,18,20). The highest BCUT2D eigenvalue weighted by atomic mass is 32.2. The third kappa shape index (κ3) is 4.08. The number of benzene rings is 1. The summed E-state index contributed by atoms with van der Waals surface area (Å²) in [6.07, 6.45) is 2.08. The highest BCUT2D eigenvalue weighted by Gasteiger charge is 2.41. The lowest BCUT2D eigenvalue weighted by Gasteiger charge is -2.29. The molecule has 1 fully saturated rings. The Morgan fingerprint density at radius 1 is 1.26 bits per heavy atom. The van der Waals surface area contributed by atoms with Crippen molar-refractivity contribution in [2.24, 2.45) is 17.4 Å². The Kier molecular flexibility index (Phi) is 4.76. The number of amides is 2. The lowest BCUT2D eigenvalue weighted by atomic mass is 9.95. The van der Waals surface area contributed by atoms with Crippen LogP contribution in [-0.4, -0.2) is 38.1 Å². The van der Waals surface area contributed by atoms with Crippen LogP contribution >= 0.6 is 0 Å². The van der Waals surface area contributed by atoms with Crippen molar-refractivity contribution in [1.29, 1.82) is 0 Å². The molecular weight excluding hydrogens is 318 g/mol. The van der Waals surface area contributed by atoms with Gasteiger partial charge in [-0.2, -0.15) is 0 Å². The highest BCUT2D eigenvalue weighted by Crippen LogP contribution is 2.39. The largest absolute Gasteiger partial charge is 0.369 e. The molecule has 2 rings (SSSR count). The Balaban J connectivity index is 2.13. The van der Waals surface area contributed by atoms with Crippen LogP contribution in [0.4, 0.5) is 0 Å². The van der Waals surface area contributed by atoms with Gasteiger partial charge in [0.1, 0.15) is 5.75 Å². The maximum Gasteiger partial charge on any atom is 0.251 e. The molecule has 2 amide bonds. The van der Waals surface area contributed by atoms with E-state index in [1.807, 2.05) is 6.92 Å². The van der Waals surface area contributed by atoms with E-state index >= 15 is 0 Å². The Hall–Kier alpha value is -1.93. The fourth-order valence-corrected chi connectivity index (χ4v) is 3.55. The number of hydrogen-bond donors (Lipinski definition) is 3. The first-order valence-corrected chi connectivity index (χ1v) is 8.97. The molecule has 1 aromatic carbocycles. The molecule has 1 unspecified atom stereocenters. The molecule has 0 spiro atoms. The summed E-state index contributed by atoms with van der Waals surface area (Å²) >= 11 is 0. The Bertz CT molecular complexity index is 711. The van der Waals surface area contributed by atoms with Crippen LogP contribution in [0.3, 0.4) is 0 Å². The van der Waals surface area contributed by atoms with Crippen LogP contribution in [-0.2, 0) is 14.6 Å². The van der Waals surface area contributed by atoms with E-state index in [4.69, 9.17) is 11.5 Å². The maximum atomic E-state index is 12.3. The van der Waals surface area contributed by atoms with Crippen LogP contribution in [0.1, 0.15) is 30.1 Å². The topological polar surface area (TPSA) is 132 Å². The normalized spacial score (nSPS) is 17.3. The second-order valence-corrected chi connectivity index (χ2v) is 8.09. The lowest BCUT2D eigenvalue weighted by molar-refractivity contribution is -0.115. The van der Waals surface area contributed by atoms with Crippen LogP contribution in [0.15, 0.2) is 29.2 Å². The molecule has 1 atom stereocenters. The van der Waals surface area contributed by atoms with E-state index in [9.17, 15) is 18.0 Å². The number of hydrogen-bond acceptors (Lipinski definition) is 5. The van der Waals surface area contributed by atoms with Gasteiger partial charge in [-0.3, -0.25) is 9.59 Å². The zero-order valence-electron chi connectivity index (χ0n) is 12.9.